The molecule has 6 aromatic carbocycles. The highest BCUT2D eigenvalue weighted by Crippen LogP contribution is 2.50. The molecule has 0 bridgehead atoms. The molecule has 68 heavy (non-hydrogen) atoms. The van der Waals surface area contributed by atoms with E-state index in [0.717, 1.165) is 44.8 Å². The van der Waals surface area contributed by atoms with Crippen molar-refractivity contribution in [2.75, 3.05) is 19.0 Å². The van der Waals surface area contributed by atoms with Gasteiger partial charge in [-0.05, 0) is 113 Å². The van der Waals surface area contributed by atoms with Crippen molar-refractivity contribution < 1.29 is 43.0 Å². The van der Waals surface area contributed by atoms with Gasteiger partial charge in [0.1, 0.15) is 7.05 Å². The third kappa shape index (κ3) is 8.42. The van der Waals surface area contributed by atoms with Crippen LogP contribution in [0.1, 0.15) is 105 Å². The van der Waals surface area contributed by atoms with Crippen LogP contribution in [0.2, 0.25) is 0 Å². The molecule has 0 fully saturated rings. The molecule has 4 heterocycles. The minimum absolute atomic E-state index is 0.0266. The minimum atomic E-state index is -4.94. The van der Waals surface area contributed by atoms with E-state index in [0.29, 0.717) is 11.1 Å². The van der Waals surface area contributed by atoms with Gasteiger partial charge in [-0.1, -0.05) is 117 Å². The largest absolute Gasteiger partial charge is 0.347 e. The zero-order valence-corrected chi connectivity index (χ0v) is 39.4. The van der Waals surface area contributed by atoms with Gasteiger partial charge in [-0.25, -0.2) is 18.6 Å². The van der Waals surface area contributed by atoms with Crippen LogP contribution < -0.4 is 23.5 Å². The summed E-state index contributed by atoms with van der Waals surface area (Å²) >= 11 is 0. The first-order valence-electron chi connectivity index (χ1n) is 22.4. The summed E-state index contributed by atoms with van der Waals surface area (Å²) in [6, 6.07) is 48.7. The molecule has 0 aromatic heterocycles. The zero-order chi connectivity index (χ0) is 48.1. The van der Waals surface area contributed by atoms with E-state index in [9.17, 15) is 9.59 Å². The highest BCUT2D eigenvalue weighted by atomic mass is 35.7. The average molecular weight is 924 g/mol. The van der Waals surface area contributed by atoms with Crippen LogP contribution in [-0.4, -0.2) is 46.0 Å². The number of rotatable bonds is 6. The number of hydrogen-bond acceptors (Lipinski definition) is 7. The number of nitrogens with zero attached hydrogens (tertiary/aromatic N) is 4. The highest BCUT2D eigenvalue weighted by Gasteiger charge is 2.45. The lowest BCUT2D eigenvalue weighted by Crippen LogP contribution is -2.68. The summed E-state index contributed by atoms with van der Waals surface area (Å²) in [7, 11) is -0.644. The summed E-state index contributed by atoms with van der Waals surface area (Å²) in [5.41, 5.74) is 14.5. The van der Waals surface area contributed by atoms with E-state index in [1.165, 1.54) is 22.5 Å². The Hall–Kier alpha value is -7.18. The van der Waals surface area contributed by atoms with Gasteiger partial charge in [0.25, 0.3) is 11.8 Å². The van der Waals surface area contributed by atoms with Crippen molar-refractivity contribution in [1.82, 2.24) is 9.80 Å². The predicted molar refractivity (Wildman–Crippen MR) is 255 cm³/mol. The van der Waals surface area contributed by atoms with Gasteiger partial charge < -0.3 is 14.7 Å². The molecule has 2 atom stereocenters. The molecule has 342 valence electrons. The van der Waals surface area contributed by atoms with Crippen LogP contribution in [0, 0.1) is 10.2 Å². The summed E-state index contributed by atoms with van der Waals surface area (Å²) < 4.78 is 36.3. The quantitative estimate of drug-likeness (QED) is 0.161. The van der Waals surface area contributed by atoms with Crippen LogP contribution in [0.25, 0.3) is 12.2 Å². The maximum atomic E-state index is 14.1. The number of carbonyl (C=O) groups is 2. The number of allylic oxidation sites excluding steroid dienone is 4. The van der Waals surface area contributed by atoms with E-state index in [2.05, 4.69) is 154 Å². The normalized spacial score (nSPS) is 19.1. The van der Waals surface area contributed by atoms with Crippen LogP contribution in [-0.2, 0) is 10.8 Å². The number of benzene rings is 6. The van der Waals surface area contributed by atoms with E-state index in [1.54, 1.807) is 0 Å². The molecule has 6 aromatic rings. The molecule has 4 aliphatic rings. The lowest BCUT2D eigenvalue weighted by atomic mass is 9.79. The maximum absolute atomic E-state index is 14.1. The Kier molecular flexibility index (Phi) is 12.0. The van der Waals surface area contributed by atoms with Crippen molar-refractivity contribution in [3.63, 3.8) is 0 Å². The number of hydrogen-bond donors (Lipinski definition) is 0. The number of fused-ring (bicyclic) bond motifs is 4. The van der Waals surface area contributed by atoms with Gasteiger partial charge >= 0.3 is 0 Å². The first-order valence-corrected chi connectivity index (χ1v) is 23.6. The Balaban J connectivity index is 0.00000110. The summed E-state index contributed by atoms with van der Waals surface area (Å²) in [5.74, 6) is -0.0533. The van der Waals surface area contributed by atoms with Gasteiger partial charge in [0.15, 0.2) is 5.71 Å². The molecular weight excluding hydrogens is 872 g/mol. The second kappa shape index (κ2) is 17.8. The Labute approximate surface area is 399 Å². The van der Waals surface area contributed by atoms with Crippen molar-refractivity contribution in [3.8, 4) is 0 Å². The van der Waals surface area contributed by atoms with Crippen LogP contribution >= 0.6 is 0 Å². The van der Waals surface area contributed by atoms with E-state index < -0.39 is 10.2 Å². The molecule has 11 heteroatoms. The van der Waals surface area contributed by atoms with Gasteiger partial charge in [0.2, 0.25) is 5.69 Å². The monoisotopic (exact) mass is 922 g/mol. The summed E-state index contributed by atoms with van der Waals surface area (Å²) in [5, 5.41) is 0. The number of likely N-dealkylation sites (N-methyl/N-ethyl adjacent to an activating group) is 1. The van der Waals surface area contributed by atoms with E-state index in [1.807, 2.05) is 95.0 Å². The van der Waals surface area contributed by atoms with Crippen LogP contribution in [0.5, 0.6) is 0 Å². The highest BCUT2D eigenvalue weighted by molar-refractivity contribution is 6.03. The average Bonchev–Trinajstić information content (AvgIpc) is 3.65. The van der Waals surface area contributed by atoms with Crippen molar-refractivity contribution in [2.24, 2.45) is 0 Å². The number of anilines is 1. The van der Waals surface area contributed by atoms with E-state index in [4.69, 9.17) is 18.6 Å². The molecular formula is C57H51ClN4O6. The summed E-state index contributed by atoms with van der Waals surface area (Å²) in [6.07, 6.45) is 14.7. The smallest absolute Gasteiger partial charge is 0.258 e. The lowest BCUT2D eigenvalue weighted by Gasteiger charge is -2.34. The maximum Gasteiger partial charge on any atom is 0.258 e. The van der Waals surface area contributed by atoms with Gasteiger partial charge in [-0.3, -0.25) is 9.59 Å². The van der Waals surface area contributed by atoms with Crippen LogP contribution in [0.15, 0.2) is 182 Å². The molecule has 10 rings (SSSR count). The second-order valence-electron chi connectivity index (χ2n) is 18.4. The SMILES string of the molecule is CN1/C(=C\C=C\C2=[N+](C)c3ccc(C4c5ccccc5C=CN4C(=O)c4ccccc4)cc3C2(C)C)C(C)(C)c2cc(C3c4ccccc4C=CN3C(=O)c3ccccc3)ccc21.[O-][Cl+3]([O-])([O-])[O-]. The number of carbonyl (C=O) groups excluding carboxylic acids is 2. The molecule has 2 unspecified atom stereocenters. The molecule has 0 radical (unpaired) electrons. The molecule has 4 aliphatic heterocycles. The Morgan fingerprint density at radius 1 is 0.603 bits per heavy atom. The summed E-state index contributed by atoms with van der Waals surface area (Å²) in [4.78, 5) is 34.2. The second-order valence-corrected chi connectivity index (χ2v) is 19.2. The van der Waals surface area contributed by atoms with Gasteiger partial charge in [0.05, 0.1) is 17.5 Å². The lowest BCUT2D eigenvalue weighted by molar-refractivity contribution is -2.00. The number of halogens is 1. The van der Waals surface area contributed by atoms with Crippen molar-refractivity contribution in [2.45, 2.75) is 50.6 Å². The molecule has 0 N–H and O–H groups in total. The Morgan fingerprint density at radius 2 is 1.06 bits per heavy atom. The first kappa shape index (κ1) is 46.0. The molecule has 0 aliphatic carbocycles. The number of amides is 2. The fraction of sp³-hybridized carbons (Fsp3) is 0.175. The van der Waals surface area contributed by atoms with E-state index >= 15 is 0 Å². The standard InChI is InChI=1S/C57H51N4O2.ClHO4/c1-56(2)46-36-42(52-44-24-15-13-18-38(44)32-34-60(52)54(62)40-20-9-7-10-21-40)28-30-48(46)58(5)50(56)26-17-27-51-57(3,4)47-37-43(29-31-49(47)59(51)6)53-45-25-16-14-19-39(45)33-35-61(53)55(63)41-22-11-8-12-23-41;2-1(3,4)5/h7-37,52-53H,1-6H3;(H,2,3,4,5)/q+1;/p-1. The third-order valence-electron chi connectivity index (χ3n) is 13.7. The fourth-order valence-electron chi connectivity index (χ4n) is 10.4. The molecule has 10 nitrogen and oxygen atoms in total. The summed E-state index contributed by atoms with van der Waals surface area (Å²) in [6.45, 7) is 9.17. The van der Waals surface area contributed by atoms with E-state index in [-0.39, 0.29) is 34.7 Å². The molecule has 0 saturated heterocycles. The van der Waals surface area contributed by atoms with Gasteiger partial charge in [-0.2, -0.15) is 4.58 Å². The minimum Gasteiger partial charge on any atom is -0.347 e. The van der Waals surface area contributed by atoms with Crippen molar-refractivity contribution in [1.29, 1.82) is 0 Å². The zero-order valence-electron chi connectivity index (χ0n) is 38.7. The third-order valence-corrected chi connectivity index (χ3v) is 13.7. The van der Waals surface area contributed by atoms with Crippen LogP contribution in [0.4, 0.5) is 11.4 Å². The fourth-order valence-corrected chi connectivity index (χ4v) is 10.4. The Morgan fingerprint density at radius 3 is 1.57 bits per heavy atom. The predicted octanol–water partition coefficient (Wildman–Crippen LogP) is 7.24. The Bertz CT molecular complexity index is 3110. The van der Waals surface area contributed by atoms with Crippen LogP contribution in [0.3, 0.4) is 0 Å². The molecule has 0 saturated carbocycles. The molecule has 0 spiro atoms. The topological polar surface area (TPSA) is 139 Å². The van der Waals surface area contributed by atoms with Gasteiger partial charge in [0, 0.05) is 65.1 Å². The first-order chi connectivity index (χ1) is 32.4. The molecule has 2 amide bonds. The van der Waals surface area contributed by atoms with Gasteiger partial charge in [-0.15, -0.1) is 10.2 Å². The van der Waals surface area contributed by atoms with Crippen molar-refractivity contribution in [3.05, 3.63) is 238 Å². The van der Waals surface area contributed by atoms with Crippen molar-refractivity contribution >= 4 is 41.1 Å².